The number of anilines is 3. The lowest BCUT2D eigenvalue weighted by atomic mass is 9.82. The molecule has 0 aliphatic heterocycles. The lowest BCUT2D eigenvalue weighted by molar-refractivity contribution is 0.661. The second-order valence-corrected chi connectivity index (χ2v) is 17.3. The Kier molecular flexibility index (Phi) is 8.55. The van der Waals surface area contributed by atoms with Gasteiger partial charge in [0.2, 0.25) is 0 Å². The van der Waals surface area contributed by atoms with Gasteiger partial charge in [-0.2, -0.15) is 0 Å². The SMILES string of the molecule is CC1(C)c2ccccc2-c2c1ccc1c3c4ccccc4c(N(c4ccc(-c5ccccc5)cc4)c4cccc(-c5ccccc5)c4)cc3n(-c3ccc(-c4ccccc4)cc3)c21. The molecule has 1 aromatic heterocycles. The van der Waals surface area contributed by atoms with E-state index in [2.05, 4.69) is 254 Å². The van der Waals surface area contributed by atoms with E-state index in [-0.39, 0.29) is 5.41 Å². The topological polar surface area (TPSA) is 8.17 Å². The molecule has 298 valence electrons. The van der Waals surface area contributed by atoms with Crippen LogP contribution in [0.1, 0.15) is 25.0 Å². The van der Waals surface area contributed by atoms with Gasteiger partial charge in [0.05, 0.1) is 16.7 Å². The smallest absolute Gasteiger partial charge is 0.0622 e. The summed E-state index contributed by atoms with van der Waals surface area (Å²) in [6.45, 7) is 4.76. The van der Waals surface area contributed by atoms with Crippen LogP contribution in [0.4, 0.5) is 17.1 Å². The van der Waals surface area contributed by atoms with Gasteiger partial charge in [0, 0.05) is 44.2 Å². The molecule has 63 heavy (non-hydrogen) atoms. The monoisotopic (exact) mass is 804 g/mol. The summed E-state index contributed by atoms with van der Waals surface area (Å²) >= 11 is 0. The summed E-state index contributed by atoms with van der Waals surface area (Å²) in [5.74, 6) is 0. The Hall–Kier alpha value is -7.94. The molecular formula is C61H44N2. The van der Waals surface area contributed by atoms with Gasteiger partial charge in [0.1, 0.15) is 0 Å². The highest BCUT2D eigenvalue weighted by Gasteiger charge is 2.38. The minimum Gasteiger partial charge on any atom is -0.310 e. The van der Waals surface area contributed by atoms with Gasteiger partial charge in [-0.1, -0.05) is 202 Å². The summed E-state index contributed by atoms with van der Waals surface area (Å²) in [4.78, 5) is 2.46. The quantitative estimate of drug-likeness (QED) is 0.156. The maximum absolute atomic E-state index is 2.56. The van der Waals surface area contributed by atoms with Gasteiger partial charge < -0.3 is 9.47 Å². The number of hydrogen-bond acceptors (Lipinski definition) is 1. The Labute approximate surface area is 368 Å². The first kappa shape index (κ1) is 36.9. The lowest BCUT2D eigenvalue weighted by Gasteiger charge is -2.28. The molecule has 0 saturated carbocycles. The highest BCUT2D eigenvalue weighted by Crippen LogP contribution is 2.54. The molecule has 0 bridgehead atoms. The normalized spacial score (nSPS) is 12.7. The highest BCUT2D eigenvalue weighted by molar-refractivity contribution is 6.27. The molecule has 0 N–H and O–H groups in total. The Balaban J connectivity index is 1.18. The molecule has 0 spiro atoms. The van der Waals surface area contributed by atoms with Crippen LogP contribution in [0.5, 0.6) is 0 Å². The third kappa shape index (κ3) is 5.94. The molecule has 0 fully saturated rings. The maximum atomic E-state index is 2.56. The fraction of sp³-hybridized carbons (Fsp3) is 0.0492. The van der Waals surface area contributed by atoms with E-state index in [0.717, 1.165) is 22.7 Å². The van der Waals surface area contributed by atoms with Gasteiger partial charge in [-0.05, 0) is 97.9 Å². The number of rotatable bonds is 7. The van der Waals surface area contributed by atoms with E-state index >= 15 is 0 Å². The molecule has 1 aliphatic rings. The second kappa shape index (κ2) is 14.6. The summed E-state index contributed by atoms with van der Waals surface area (Å²) in [6.07, 6.45) is 0. The predicted octanol–water partition coefficient (Wildman–Crippen LogP) is 16.7. The summed E-state index contributed by atoms with van der Waals surface area (Å²) in [5, 5.41) is 4.95. The van der Waals surface area contributed by atoms with Crippen molar-refractivity contribution in [1.82, 2.24) is 4.57 Å². The van der Waals surface area contributed by atoms with Gasteiger partial charge in [-0.25, -0.2) is 0 Å². The number of hydrogen-bond donors (Lipinski definition) is 0. The van der Waals surface area contributed by atoms with Crippen molar-refractivity contribution in [2.75, 3.05) is 4.90 Å². The number of nitrogens with zero attached hydrogens (tertiary/aromatic N) is 2. The summed E-state index contributed by atoms with van der Waals surface area (Å²) < 4.78 is 2.56. The third-order valence-electron chi connectivity index (χ3n) is 13.4. The first-order chi connectivity index (χ1) is 31.0. The second-order valence-electron chi connectivity index (χ2n) is 17.3. The summed E-state index contributed by atoms with van der Waals surface area (Å²) in [6, 6.07) is 84.6. The molecule has 10 aromatic carbocycles. The Bertz CT molecular complexity index is 3490. The van der Waals surface area contributed by atoms with E-state index in [1.54, 1.807) is 0 Å². The molecule has 1 heterocycles. The van der Waals surface area contributed by atoms with Crippen molar-refractivity contribution in [3.05, 3.63) is 242 Å². The fourth-order valence-electron chi connectivity index (χ4n) is 10.3. The van der Waals surface area contributed by atoms with E-state index in [1.165, 1.54) is 88.2 Å². The molecule has 2 nitrogen and oxygen atoms in total. The van der Waals surface area contributed by atoms with Crippen molar-refractivity contribution in [1.29, 1.82) is 0 Å². The average molecular weight is 805 g/mol. The minimum atomic E-state index is -0.141. The van der Waals surface area contributed by atoms with Crippen LogP contribution >= 0.6 is 0 Å². The summed E-state index contributed by atoms with van der Waals surface area (Å²) in [5.41, 5.74) is 19.3. The Morgan fingerprint density at radius 1 is 0.381 bits per heavy atom. The minimum absolute atomic E-state index is 0.141. The fourth-order valence-corrected chi connectivity index (χ4v) is 10.3. The first-order valence-electron chi connectivity index (χ1n) is 21.9. The third-order valence-corrected chi connectivity index (χ3v) is 13.4. The van der Waals surface area contributed by atoms with E-state index < -0.39 is 0 Å². The zero-order valence-electron chi connectivity index (χ0n) is 35.3. The molecule has 0 unspecified atom stereocenters. The van der Waals surface area contributed by atoms with Gasteiger partial charge in [0.15, 0.2) is 0 Å². The van der Waals surface area contributed by atoms with E-state index in [0.29, 0.717) is 0 Å². The number of benzene rings is 10. The van der Waals surface area contributed by atoms with Crippen LogP contribution in [-0.2, 0) is 5.41 Å². The van der Waals surface area contributed by atoms with Gasteiger partial charge in [-0.15, -0.1) is 0 Å². The molecule has 12 rings (SSSR count). The summed E-state index contributed by atoms with van der Waals surface area (Å²) in [7, 11) is 0. The largest absolute Gasteiger partial charge is 0.310 e. The van der Waals surface area contributed by atoms with Crippen molar-refractivity contribution in [3.63, 3.8) is 0 Å². The van der Waals surface area contributed by atoms with Crippen LogP contribution in [0, 0.1) is 0 Å². The van der Waals surface area contributed by atoms with Crippen LogP contribution in [0.25, 0.3) is 82.8 Å². The van der Waals surface area contributed by atoms with Gasteiger partial charge >= 0.3 is 0 Å². The van der Waals surface area contributed by atoms with Crippen LogP contribution in [-0.4, -0.2) is 4.57 Å². The number of aromatic nitrogens is 1. The standard InChI is InChI=1S/C61H44N2/c1-61(2)54-28-15-14-27-52(54)59-55(61)38-37-53-58-51-26-13-12-25-50(51)56(40-57(58)63(60(53)59)48-35-31-45(32-36-48)42-19-8-4-9-20-42)62(47-33-29-44(30-34-47)41-17-6-3-7-18-41)49-24-16-23-46(39-49)43-21-10-5-11-22-43/h3-40H,1-2H3. The van der Waals surface area contributed by atoms with E-state index in [4.69, 9.17) is 0 Å². The molecule has 1 aliphatic carbocycles. The molecular weight excluding hydrogens is 761 g/mol. The van der Waals surface area contributed by atoms with Crippen molar-refractivity contribution in [2.45, 2.75) is 19.3 Å². The zero-order valence-corrected chi connectivity index (χ0v) is 35.3. The van der Waals surface area contributed by atoms with Crippen LogP contribution < -0.4 is 4.90 Å². The van der Waals surface area contributed by atoms with Crippen LogP contribution in [0.3, 0.4) is 0 Å². The predicted molar refractivity (Wildman–Crippen MR) is 267 cm³/mol. The molecule has 0 atom stereocenters. The average Bonchev–Trinajstić information content (AvgIpc) is 3.81. The molecule has 0 amide bonds. The van der Waals surface area contributed by atoms with Crippen molar-refractivity contribution < 1.29 is 0 Å². The molecule has 0 saturated heterocycles. The Morgan fingerprint density at radius 3 is 1.59 bits per heavy atom. The van der Waals surface area contributed by atoms with Crippen molar-refractivity contribution in [3.8, 4) is 50.2 Å². The molecule has 0 radical (unpaired) electrons. The zero-order chi connectivity index (χ0) is 42.1. The van der Waals surface area contributed by atoms with Crippen molar-refractivity contribution >= 4 is 49.6 Å². The number of fused-ring (bicyclic) bond motifs is 9. The van der Waals surface area contributed by atoms with Crippen LogP contribution in [0.15, 0.2) is 231 Å². The van der Waals surface area contributed by atoms with Crippen LogP contribution in [0.2, 0.25) is 0 Å². The molecule has 2 heteroatoms. The molecule has 11 aromatic rings. The van der Waals surface area contributed by atoms with Crippen molar-refractivity contribution in [2.24, 2.45) is 0 Å². The Morgan fingerprint density at radius 2 is 0.921 bits per heavy atom. The maximum Gasteiger partial charge on any atom is 0.0622 e. The van der Waals surface area contributed by atoms with E-state index in [9.17, 15) is 0 Å². The highest BCUT2D eigenvalue weighted by atomic mass is 15.1. The first-order valence-corrected chi connectivity index (χ1v) is 21.9. The van der Waals surface area contributed by atoms with E-state index in [1.807, 2.05) is 0 Å². The van der Waals surface area contributed by atoms with Gasteiger partial charge in [-0.3, -0.25) is 0 Å². The van der Waals surface area contributed by atoms with Gasteiger partial charge in [0.25, 0.3) is 0 Å². The lowest BCUT2D eigenvalue weighted by Crippen LogP contribution is -2.14.